The van der Waals surface area contributed by atoms with Gasteiger partial charge in [-0.1, -0.05) is 23.7 Å². The van der Waals surface area contributed by atoms with Crippen LogP contribution in [0.2, 0.25) is 0 Å². The van der Waals surface area contributed by atoms with Crippen molar-refractivity contribution in [3.8, 4) is 12.3 Å². The zero-order valence-electron chi connectivity index (χ0n) is 23.8. The Morgan fingerprint density at radius 3 is 2.47 bits per heavy atom. The van der Waals surface area contributed by atoms with Crippen LogP contribution >= 0.6 is 22.7 Å². The maximum atomic E-state index is 12.8. The lowest BCUT2D eigenvalue weighted by Crippen LogP contribution is -2.28. The quantitative estimate of drug-likeness (QED) is 0.200. The van der Waals surface area contributed by atoms with Gasteiger partial charge in [-0.05, 0) is 63.3 Å². The summed E-state index contributed by atoms with van der Waals surface area (Å²) in [5.41, 5.74) is 2.03. The van der Waals surface area contributed by atoms with Gasteiger partial charge in [-0.3, -0.25) is 9.59 Å². The number of nitrogens with zero attached hydrogens (tertiary/aromatic N) is 2. The molecule has 0 spiro atoms. The number of nitrogens with one attached hydrogen (secondary N) is 1. The highest BCUT2D eigenvalue weighted by Gasteiger charge is 2.28. The van der Waals surface area contributed by atoms with Crippen molar-refractivity contribution in [3.05, 3.63) is 44.6 Å². The Balaban J connectivity index is 1.53. The maximum Gasteiger partial charge on any atom is 0.341 e. The molecule has 0 bridgehead atoms. The number of thiophene rings is 1. The van der Waals surface area contributed by atoms with Gasteiger partial charge in [-0.2, -0.15) is 4.99 Å². The van der Waals surface area contributed by atoms with Gasteiger partial charge >= 0.3 is 11.9 Å². The van der Waals surface area contributed by atoms with Gasteiger partial charge in [0.15, 0.2) is 14.6 Å². The number of terminal acetylenes is 1. The van der Waals surface area contributed by atoms with E-state index in [1.165, 1.54) is 11.3 Å². The molecular weight excluding hydrogens is 615 g/mol. The molecule has 1 aliphatic rings. The summed E-state index contributed by atoms with van der Waals surface area (Å²) < 4.78 is 38.1. The van der Waals surface area contributed by atoms with Gasteiger partial charge in [0.1, 0.15) is 16.5 Å². The fourth-order valence-electron chi connectivity index (χ4n) is 4.73. The van der Waals surface area contributed by atoms with E-state index in [4.69, 9.17) is 15.9 Å². The van der Waals surface area contributed by atoms with Crippen molar-refractivity contribution in [3.63, 3.8) is 0 Å². The Morgan fingerprint density at radius 2 is 1.74 bits per heavy atom. The molecule has 1 aliphatic carbocycles. The predicted octanol–water partition coefficient (Wildman–Crippen LogP) is 3.50. The second-order valence-corrected chi connectivity index (χ2v) is 13.8. The molecule has 43 heavy (non-hydrogen) atoms. The summed E-state index contributed by atoms with van der Waals surface area (Å²) in [5, 5.41) is 2.82. The first-order chi connectivity index (χ1) is 20.6. The molecule has 0 unspecified atom stereocenters. The number of fused-ring (bicyclic) bond motifs is 2. The largest absolute Gasteiger partial charge is 0.462 e. The van der Waals surface area contributed by atoms with Gasteiger partial charge in [0, 0.05) is 4.88 Å². The zero-order valence-corrected chi connectivity index (χ0v) is 26.2. The van der Waals surface area contributed by atoms with Crippen LogP contribution in [0.1, 0.15) is 64.3 Å². The molecule has 0 fully saturated rings. The van der Waals surface area contributed by atoms with Gasteiger partial charge in [0.05, 0.1) is 41.1 Å². The highest BCUT2D eigenvalue weighted by atomic mass is 32.2. The van der Waals surface area contributed by atoms with Crippen molar-refractivity contribution < 1.29 is 37.1 Å². The molecule has 11 nitrogen and oxygen atoms in total. The van der Waals surface area contributed by atoms with E-state index in [9.17, 15) is 27.6 Å². The van der Waals surface area contributed by atoms with Crippen molar-refractivity contribution in [1.82, 2.24) is 4.57 Å². The van der Waals surface area contributed by atoms with Crippen LogP contribution in [-0.4, -0.2) is 61.5 Å². The van der Waals surface area contributed by atoms with Gasteiger partial charge in [0.2, 0.25) is 5.91 Å². The number of sulfone groups is 1. The second-order valence-electron chi connectivity index (χ2n) is 9.65. The van der Waals surface area contributed by atoms with Crippen LogP contribution in [0.3, 0.4) is 0 Å². The summed E-state index contributed by atoms with van der Waals surface area (Å²) in [6.07, 6.45) is 9.82. The van der Waals surface area contributed by atoms with Crippen molar-refractivity contribution >= 4 is 71.5 Å². The van der Waals surface area contributed by atoms with E-state index in [2.05, 4.69) is 16.2 Å². The molecule has 2 heterocycles. The van der Waals surface area contributed by atoms with E-state index in [1.807, 2.05) is 0 Å². The van der Waals surface area contributed by atoms with E-state index >= 15 is 0 Å². The number of benzene rings is 1. The Morgan fingerprint density at radius 1 is 1.02 bits per heavy atom. The van der Waals surface area contributed by atoms with Crippen LogP contribution in [-0.2, 0) is 48.3 Å². The summed E-state index contributed by atoms with van der Waals surface area (Å²) in [6, 6.07) is 4.80. The third-order valence-corrected chi connectivity index (χ3v) is 10.1. The summed E-state index contributed by atoms with van der Waals surface area (Å²) in [4.78, 5) is 55.6. The fraction of sp³-hybridized carbons (Fsp3) is 0.414. The molecule has 0 saturated heterocycles. The minimum atomic E-state index is -4.22. The molecule has 1 N–H and O–H groups in total. The molecular formula is C29H31N3O8S3. The number of aryl methyl sites for hydroxylation is 1. The number of thiazole rings is 1. The van der Waals surface area contributed by atoms with Crippen LogP contribution in [0.5, 0.6) is 0 Å². The molecule has 1 aromatic carbocycles. The van der Waals surface area contributed by atoms with E-state index < -0.39 is 45.1 Å². The number of esters is 2. The molecule has 228 valence electrons. The fourth-order valence-corrected chi connectivity index (χ4v) is 8.13. The first-order valence-corrected chi connectivity index (χ1v) is 17.2. The Bertz CT molecular complexity index is 1790. The first kappa shape index (κ1) is 32.1. The molecule has 2 aromatic heterocycles. The van der Waals surface area contributed by atoms with Crippen molar-refractivity contribution in [2.45, 2.75) is 52.5 Å². The van der Waals surface area contributed by atoms with Gasteiger partial charge in [0.25, 0.3) is 5.91 Å². The summed E-state index contributed by atoms with van der Waals surface area (Å²) >= 11 is 2.32. The Kier molecular flexibility index (Phi) is 10.5. The minimum absolute atomic E-state index is 0.0492. The summed E-state index contributed by atoms with van der Waals surface area (Å²) in [7, 11) is -4.22. The second kappa shape index (κ2) is 14.1. The average molecular weight is 646 g/mol. The number of hydrogen-bond donors (Lipinski definition) is 1. The third kappa shape index (κ3) is 7.78. The Hall–Kier alpha value is -3.80. The molecule has 2 amide bonds. The van der Waals surface area contributed by atoms with Crippen LogP contribution in [0, 0.1) is 12.3 Å². The summed E-state index contributed by atoms with van der Waals surface area (Å²) in [6.45, 7) is 3.79. The van der Waals surface area contributed by atoms with Gasteiger partial charge in [-0.25, -0.2) is 18.0 Å². The normalized spacial score (nSPS) is 13.6. The van der Waals surface area contributed by atoms with Crippen LogP contribution in [0.4, 0.5) is 5.00 Å². The number of anilines is 1. The topological polar surface area (TPSA) is 150 Å². The highest BCUT2D eigenvalue weighted by molar-refractivity contribution is 7.92. The number of ether oxygens (including phenoxy) is 2. The SMILES string of the molecule is C#CCn1c(=NC(=O)CS(=O)(=O)CC(=O)Nc2sc3c(c2C(=O)OCC)CCCCC3)sc2cc(C(=O)OCC)ccc21. The van der Waals surface area contributed by atoms with Crippen LogP contribution in [0.15, 0.2) is 23.2 Å². The smallest absolute Gasteiger partial charge is 0.341 e. The van der Waals surface area contributed by atoms with E-state index in [0.717, 1.165) is 47.5 Å². The Labute approximate surface area is 256 Å². The molecule has 0 atom stereocenters. The van der Waals surface area contributed by atoms with Crippen LogP contribution < -0.4 is 10.1 Å². The molecule has 0 radical (unpaired) electrons. The minimum Gasteiger partial charge on any atom is -0.462 e. The number of amides is 2. The monoisotopic (exact) mass is 645 g/mol. The lowest BCUT2D eigenvalue weighted by Gasteiger charge is -2.08. The molecule has 4 rings (SSSR count). The van der Waals surface area contributed by atoms with E-state index in [-0.39, 0.29) is 35.1 Å². The number of hydrogen-bond acceptors (Lipinski definition) is 10. The number of aromatic nitrogens is 1. The first-order valence-electron chi connectivity index (χ1n) is 13.7. The maximum absolute atomic E-state index is 12.8. The number of carbonyl (C=O) groups is 4. The van der Waals surface area contributed by atoms with Crippen LogP contribution in [0.25, 0.3) is 10.2 Å². The molecule has 0 aliphatic heterocycles. The van der Waals surface area contributed by atoms with Crippen molar-refractivity contribution in [2.75, 3.05) is 30.0 Å². The van der Waals surface area contributed by atoms with Crippen molar-refractivity contribution in [1.29, 1.82) is 0 Å². The predicted molar refractivity (Wildman–Crippen MR) is 164 cm³/mol. The van der Waals surface area contributed by atoms with Crippen molar-refractivity contribution in [2.24, 2.45) is 4.99 Å². The lowest BCUT2D eigenvalue weighted by molar-refractivity contribution is -0.115. The molecule has 14 heteroatoms. The summed E-state index contributed by atoms with van der Waals surface area (Å²) in [5.74, 6) is -2.43. The standard InChI is InChI=1S/C29H31N3O8S3/c1-4-14-32-20-13-12-18(27(35)39-5-2)15-22(20)42-29(32)31-24(34)17-43(37,38)16-23(33)30-26-25(28(36)40-6-3)19-10-8-7-9-11-21(19)41-26/h1,12-13,15H,5-11,14,16-17H2,2-3H3,(H,30,33). The lowest BCUT2D eigenvalue weighted by atomic mass is 10.1. The zero-order chi connectivity index (χ0) is 31.1. The third-order valence-electron chi connectivity index (χ3n) is 6.51. The van der Waals surface area contributed by atoms with Gasteiger partial charge in [-0.15, -0.1) is 17.8 Å². The molecule has 3 aromatic rings. The van der Waals surface area contributed by atoms with Gasteiger partial charge < -0.3 is 19.4 Å². The molecule has 0 saturated carbocycles. The van der Waals surface area contributed by atoms with E-state index in [0.29, 0.717) is 22.2 Å². The number of carbonyl (C=O) groups excluding carboxylic acids is 4. The highest BCUT2D eigenvalue weighted by Crippen LogP contribution is 2.38. The average Bonchev–Trinajstić information content (AvgIpc) is 3.34. The number of rotatable bonds is 10. The van der Waals surface area contributed by atoms with E-state index in [1.54, 1.807) is 36.6 Å².